The quantitative estimate of drug-likeness (QED) is 0.639. The Morgan fingerprint density at radius 1 is 1.33 bits per heavy atom. The van der Waals surface area contributed by atoms with E-state index in [1.807, 2.05) is 6.92 Å². The van der Waals surface area contributed by atoms with Crippen LogP contribution in [-0.2, 0) is 14.4 Å². The number of primary amides is 1. The number of carboxylic acids is 1. The van der Waals surface area contributed by atoms with Crippen molar-refractivity contribution in [3.8, 4) is 0 Å². The van der Waals surface area contributed by atoms with E-state index >= 15 is 0 Å². The molecule has 0 aromatic carbocycles. The highest BCUT2D eigenvalue weighted by Gasteiger charge is 2.40. The Balaban J connectivity index is 2.71. The fourth-order valence-corrected chi connectivity index (χ4v) is 2.51. The molecule has 102 valence electrons. The van der Waals surface area contributed by atoms with Crippen molar-refractivity contribution in [2.45, 2.75) is 51.5 Å². The van der Waals surface area contributed by atoms with Crippen LogP contribution in [0.4, 0.5) is 0 Å². The number of nitrogens with one attached hydrogen (secondary N) is 1. The van der Waals surface area contributed by atoms with Crippen LogP contribution in [0.1, 0.15) is 45.4 Å². The van der Waals surface area contributed by atoms with E-state index < -0.39 is 23.3 Å². The molecule has 0 radical (unpaired) electrons. The van der Waals surface area contributed by atoms with Crippen LogP contribution in [0, 0.1) is 5.41 Å². The topological polar surface area (TPSA) is 109 Å². The molecule has 2 amide bonds. The average Bonchev–Trinajstić information content (AvgIpc) is 2.77. The summed E-state index contributed by atoms with van der Waals surface area (Å²) in [7, 11) is 0. The third kappa shape index (κ3) is 3.21. The lowest BCUT2D eigenvalue weighted by molar-refractivity contribution is -0.145. The average molecular weight is 256 g/mol. The summed E-state index contributed by atoms with van der Waals surface area (Å²) in [6.07, 6.45) is 3.82. The summed E-state index contributed by atoms with van der Waals surface area (Å²) in [6.45, 7) is 1.93. The van der Waals surface area contributed by atoms with Crippen LogP contribution in [0.2, 0.25) is 0 Å². The minimum atomic E-state index is -1.23. The molecule has 0 aromatic heterocycles. The summed E-state index contributed by atoms with van der Waals surface area (Å²) in [4.78, 5) is 33.9. The maximum atomic E-state index is 12.2. The smallest absolute Gasteiger partial charge is 0.326 e. The first kappa shape index (κ1) is 14.5. The highest BCUT2D eigenvalue weighted by atomic mass is 16.4. The minimum absolute atomic E-state index is 0.267. The fraction of sp³-hybridized carbons (Fsp3) is 0.750. The molecule has 0 heterocycles. The van der Waals surface area contributed by atoms with E-state index in [-0.39, 0.29) is 12.3 Å². The first-order chi connectivity index (χ1) is 8.41. The summed E-state index contributed by atoms with van der Waals surface area (Å²) in [5.41, 5.74) is 4.51. The van der Waals surface area contributed by atoms with Gasteiger partial charge in [0.2, 0.25) is 11.8 Å². The SMILES string of the molecule is CCC1(C(=O)N[C@H](CC(N)=O)C(=O)O)CCCC1. The minimum Gasteiger partial charge on any atom is -0.480 e. The molecular formula is C12H20N2O4. The van der Waals surface area contributed by atoms with Crippen molar-refractivity contribution in [2.24, 2.45) is 11.1 Å². The maximum Gasteiger partial charge on any atom is 0.326 e. The Bertz CT molecular complexity index is 348. The first-order valence-electron chi connectivity index (χ1n) is 6.23. The number of hydrogen-bond donors (Lipinski definition) is 3. The van der Waals surface area contributed by atoms with E-state index in [1.54, 1.807) is 0 Å². The monoisotopic (exact) mass is 256 g/mol. The van der Waals surface area contributed by atoms with Gasteiger partial charge in [-0.1, -0.05) is 19.8 Å². The molecule has 0 spiro atoms. The highest BCUT2D eigenvalue weighted by Crippen LogP contribution is 2.41. The summed E-state index contributed by atoms with van der Waals surface area (Å²) in [6, 6.07) is -1.22. The maximum absolute atomic E-state index is 12.2. The largest absolute Gasteiger partial charge is 0.480 e. The van der Waals surface area contributed by atoms with Crippen LogP contribution < -0.4 is 11.1 Å². The lowest BCUT2D eigenvalue weighted by atomic mass is 9.82. The molecule has 6 nitrogen and oxygen atoms in total. The van der Waals surface area contributed by atoms with Gasteiger partial charge in [-0.05, 0) is 19.3 Å². The zero-order valence-corrected chi connectivity index (χ0v) is 10.6. The Hall–Kier alpha value is -1.59. The number of nitrogens with two attached hydrogens (primary N) is 1. The van der Waals surface area contributed by atoms with Crippen LogP contribution in [0.15, 0.2) is 0 Å². The Morgan fingerprint density at radius 2 is 1.89 bits per heavy atom. The molecule has 1 atom stereocenters. The van der Waals surface area contributed by atoms with Crippen molar-refractivity contribution in [3.63, 3.8) is 0 Å². The zero-order chi connectivity index (χ0) is 13.8. The number of rotatable bonds is 6. The van der Waals surface area contributed by atoms with Gasteiger partial charge in [-0.2, -0.15) is 0 Å². The molecule has 0 aromatic rings. The van der Waals surface area contributed by atoms with Gasteiger partial charge in [0.15, 0.2) is 0 Å². The molecule has 1 aliphatic rings. The molecule has 1 saturated carbocycles. The second-order valence-electron chi connectivity index (χ2n) is 4.88. The van der Waals surface area contributed by atoms with E-state index in [0.717, 1.165) is 25.7 Å². The number of amides is 2. The van der Waals surface area contributed by atoms with Gasteiger partial charge in [-0.15, -0.1) is 0 Å². The van der Waals surface area contributed by atoms with E-state index in [0.29, 0.717) is 6.42 Å². The Labute approximate surface area is 106 Å². The third-order valence-electron chi connectivity index (χ3n) is 3.73. The Kier molecular flexibility index (Phi) is 4.69. The van der Waals surface area contributed by atoms with Crippen LogP contribution >= 0.6 is 0 Å². The van der Waals surface area contributed by atoms with Gasteiger partial charge < -0.3 is 16.2 Å². The van der Waals surface area contributed by atoms with Crippen LogP contribution in [0.5, 0.6) is 0 Å². The summed E-state index contributed by atoms with van der Waals surface area (Å²) in [5.74, 6) is -2.23. The molecule has 1 fully saturated rings. The number of aliphatic carboxylic acids is 1. The molecular weight excluding hydrogens is 236 g/mol. The van der Waals surface area contributed by atoms with Crippen molar-refractivity contribution in [2.75, 3.05) is 0 Å². The molecule has 0 aliphatic heterocycles. The molecule has 0 unspecified atom stereocenters. The van der Waals surface area contributed by atoms with Gasteiger partial charge in [0.1, 0.15) is 6.04 Å². The normalized spacial score (nSPS) is 19.2. The lowest BCUT2D eigenvalue weighted by Gasteiger charge is -2.27. The van der Waals surface area contributed by atoms with Crippen molar-refractivity contribution in [1.82, 2.24) is 5.32 Å². The second-order valence-corrected chi connectivity index (χ2v) is 4.88. The van der Waals surface area contributed by atoms with Crippen molar-refractivity contribution in [3.05, 3.63) is 0 Å². The molecule has 4 N–H and O–H groups in total. The molecule has 1 rings (SSSR count). The lowest BCUT2D eigenvalue weighted by Crippen LogP contribution is -2.49. The van der Waals surface area contributed by atoms with Gasteiger partial charge in [0, 0.05) is 5.41 Å². The molecule has 1 aliphatic carbocycles. The summed E-state index contributed by atoms with van der Waals surface area (Å²) in [5, 5.41) is 11.4. The van der Waals surface area contributed by atoms with Crippen LogP contribution in [0.25, 0.3) is 0 Å². The van der Waals surface area contributed by atoms with Crippen molar-refractivity contribution < 1.29 is 19.5 Å². The molecule has 0 saturated heterocycles. The predicted molar refractivity (Wildman–Crippen MR) is 64.6 cm³/mol. The number of carbonyl (C=O) groups excluding carboxylic acids is 2. The number of carboxylic acid groups (broad SMARTS) is 1. The standard InChI is InChI=1S/C12H20N2O4/c1-2-12(5-3-4-6-12)11(18)14-8(10(16)17)7-9(13)15/h8H,2-7H2,1H3,(H2,13,15)(H,14,18)(H,16,17)/t8-/m1/s1. The van der Waals surface area contributed by atoms with Crippen molar-refractivity contribution in [1.29, 1.82) is 0 Å². The third-order valence-corrected chi connectivity index (χ3v) is 3.73. The summed E-state index contributed by atoms with van der Waals surface area (Å²) >= 11 is 0. The summed E-state index contributed by atoms with van der Waals surface area (Å²) < 4.78 is 0. The van der Waals surface area contributed by atoms with Gasteiger partial charge >= 0.3 is 5.97 Å². The van der Waals surface area contributed by atoms with Gasteiger partial charge in [0.05, 0.1) is 6.42 Å². The highest BCUT2D eigenvalue weighted by molar-refractivity contribution is 5.90. The van der Waals surface area contributed by atoms with Crippen molar-refractivity contribution >= 4 is 17.8 Å². The van der Waals surface area contributed by atoms with Crippen LogP contribution in [-0.4, -0.2) is 28.9 Å². The first-order valence-corrected chi connectivity index (χ1v) is 6.23. The van der Waals surface area contributed by atoms with E-state index in [2.05, 4.69) is 5.32 Å². The second kappa shape index (κ2) is 5.84. The van der Waals surface area contributed by atoms with Gasteiger partial charge in [0.25, 0.3) is 0 Å². The van der Waals surface area contributed by atoms with E-state index in [1.165, 1.54) is 0 Å². The number of hydrogen-bond acceptors (Lipinski definition) is 3. The molecule has 0 bridgehead atoms. The van der Waals surface area contributed by atoms with Gasteiger partial charge in [-0.3, -0.25) is 9.59 Å². The number of carbonyl (C=O) groups is 3. The molecule has 6 heteroatoms. The Morgan fingerprint density at radius 3 is 2.28 bits per heavy atom. The molecule has 18 heavy (non-hydrogen) atoms. The van der Waals surface area contributed by atoms with Gasteiger partial charge in [-0.25, -0.2) is 4.79 Å². The fourth-order valence-electron chi connectivity index (χ4n) is 2.51. The van der Waals surface area contributed by atoms with E-state index in [9.17, 15) is 14.4 Å². The predicted octanol–water partition coefficient (Wildman–Crippen LogP) is 0.402. The van der Waals surface area contributed by atoms with Crippen LogP contribution in [0.3, 0.4) is 0 Å². The van der Waals surface area contributed by atoms with E-state index in [4.69, 9.17) is 10.8 Å². The zero-order valence-electron chi connectivity index (χ0n) is 10.6.